The monoisotopic (exact) mass is 447 g/mol. The summed E-state index contributed by atoms with van der Waals surface area (Å²) in [6.07, 6.45) is 7.72. The molecule has 30 heavy (non-hydrogen) atoms. The van der Waals surface area contributed by atoms with Gasteiger partial charge < -0.3 is 15.3 Å². The number of amides is 1. The van der Waals surface area contributed by atoms with Crippen molar-refractivity contribution in [3.63, 3.8) is 0 Å². The molecule has 1 aromatic carbocycles. The van der Waals surface area contributed by atoms with Crippen LogP contribution in [0, 0.1) is 5.92 Å². The minimum atomic E-state index is 0.0451. The predicted octanol–water partition coefficient (Wildman–Crippen LogP) is 5.10. The zero-order chi connectivity index (χ0) is 20.9. The van der Waals surface area contributed by atoms with Crippen molar-refractivity contribution in [1.29, 1.82) is 0 Å². The zero-order valence-corrected chi connectivity index (χ0v) is 18.9. The van der Waals surface area contributed by atoms with E-state index >= 15 is 0 Å². The Labute approximate surface area is 187 Å². The van der Waals surface area contributed by atoms with E-state index in [-0.39, 0.29) is 12.5 Å². The highest BCUT2D eigenvalue weighted by Crippen LogP contribution is 2.34. The SMILES string of the molecule is O=C(CC1CCCCC1)Nc1c(Cl)ccc2nc(N3CC[C@H](SCCO)C3)ccc12. The summed E-state index contributed by atoms with van der Waals surface area (Å²) in [5.74, 6) is 2.27. The number of aliphatic hydroxyl groups excluding tert-OH is 1. The molecule has 0 radical (unpaired) electrons. The molecule has 1 saturated carbocycles. The van der Waals surface area contributed by atoms with Crippen molar-refractivity contribution >= 4 is 51.7 Å². The third-order valence-electron chi connectivity index (χ3n) is 6.18. The van der Waals surface area contributed by atoms with Gasteiger partial charge in [0, 0.05) is 35.9 Å². The summed E-state index contributed by atoms with van der Waals surface area (Å²) in [4.78, 5) is 19.8. The van der Waals surface area contributed by atoms with Crippen molar-refractivity contribution in [2.24, 2.45) is 5.92 Å². The first kappa shape index (κ1) is 21.7. The van der Waals surface area contributed by atoms with Gasteiger partial charge in [-0.2, -0.15) is 11.8 Å². The largest absolute Gasteiger partial charge is 0.396 e. The fraction of sp³-hybridized carbons (Fsp3) is 0.565. The van der Waals surface area contributed by atoms with Crippen molar-refractivity contribution in [3.8, 4) is 0 Å². The van der Waals surface area contributed by atoms with Crippen molar-refractivity contribution in [3.05, 3.63) is 29.3 Å². The van der Waals surface area contributed by atoms with Crippen molar-refractivity contribution in [2.45, 2.75) is 50.2 Å². The molecule has 1 atom stereocenters. The van der Waals surface area contributed by atoms with E-state index in [1.165, 1.54) is 19.3 Å². The molecule has 4 rings (SSSR count). The lowest BCUT2D eigenvalue weighted by atomic mass is 9.87. The summed E-state index contributed by atoms with van der Waals surface area (Å²) in [6.45, 7) is 2.15. The number of thioether (sulfide) groups is 1. The van der Waals surface area contributed by atoms with E-state index in [1.54, 1.807) is 0 Å². The Bertz CT molecular complexity index is 888. The number of rotatable bonds is 7. The molecule has 162 valence electrons. The molecule has 0 unspecified atom stereocenters. The van der Waals surface area contributed by atoms with Crippen LogP contribution in [0.2, 0.25) is 5.02 Å². The number of pyridine rings is 1. The summed E-state index contributed by atoms with van der Waals surface area (Å²) in [5.41, 5.74) is 1.52. The fourth-order valence-corrected chi connectivity index (χ4v) is 5.81. The lowest BCUT2D eigenvalue weighted by Crippen LogP contribution is -2.21. The van der Waals surface area contributed by atoms with Crippen LogP contribution in [-0.2, 0) is 4.79 Å². The molecule has 2 aromatic rings. The van der Waals surface area contributed by atoms with Gasteiger partial charge in [-0.05, 0) is 49.4 Å². The van der Waals surface area contributed by atoms with E-state index < -0.39 is 0 Å². The van der Waals surface area contributed by atoms with Crippen LogP contribution >= 0.6 is 23.4 Å². The first-order chi connectivity index (χ1) is 14.6. The Kier molecular flexibility index (Phi) is 7.39. The van der Waals surface area contributed by atoms with Gasteiger partial charge in [-0.3, -0.25) is 4.79 Å². The highest BCUT2D eigenvalue weighted by atomic mass is 35.5. The van der Waals surface area contributed by atoms with Gasteiger partial charge in [0.1, 0.15) is 5.82 Å². The van der Waals surface area contributed by atoms with Crippen molar-refractivity contribution < 1.29 is 9.90 Å². The second-order valence-corrected chi connectivity index (χ2v) is 10.2. The van der Waals surface area contributed by atoms with Crippen LogP contribution < -0.4 is 10.2 Å². The molecule has 1 aromatic heterocycles. The molecule has 7 heteroatoms. The molecule has 2 aliphatic rings. The van der Waals surface area contributed by atoms with Crippen LogP contribution in [0.15, 0.2) is 24.3 Å². The quantitative estimate of drug-likeness (QED) is 0.618. The summed E-state index contributed by atoms with van der Waals surface area (Å²) in [7, 11) is 0. The maximum Gasteiger partial charge on any atom is 0.224 e. The second-order valence-electron chi connectivity index (χ2n) is 8.37. The second kappa shape index (κ2) is 10.2. The van der Waals surface area contributed by atoms with Gasteiger partial charge in [0.05, 0.1) is 22.8 Å². The summed E-state index contributed by atoms with van der Waals surface area (Å²) in [5, 5.41) is 14.1. The molecule has 2 heterocycles. The Morgan fingerprint density at radius 2 is 2.03 bits per heavy atom. The number of nitrogens with zero attached hydrogens (tertiary/aromatic N) is 2. The van der Waals surface area contributed by atoms with E-state index in [1.807, 2.05) is 36.0 Å². The first-order valence-electron chi connectivity index (χ1n) is 11.0. The molecule has 5 nitrogen and oxygen atoms in total. The van der Waals surface area contributed by atoms with Crippen molar-refractivity contribution in [1.82, 2.24) is 4.98 Å². The minimum absolute atomic E-state index is 0.0451. The number of carbonyl (C=O) groups excluding carboxylic acids is 1. The highest BCUT2D eigenvalue weighted by Gasteiger charge is 2.24. The number of halogens is 1. The van der Waals surface area contributed by atoms with E-state index in [9.17, 15) is 4.79 Å². The Hall–Kier alpha value is -1.50. The third-order valence-corrected chi connectivity index (χ3v) is 7.77. The van der Waals surface area contributed by atoms with Gasteiger partial charge in [-0.1, -0.05) is 30.9 Å². The molecule has 1 aliphatic heterocycles. The molecule has 2 fully saturated rings. The molecule has 1 aliphatic carbocycles. The van der Waals surface area contributed by atoms with Gasteiger partial charge in [-0.15, -0.1) is 0 Å². The molecule has 2 N–H and O–H groups in total. The maximum atomic E-state index is 12.7. The summed E-state index contributed by atoms with van der Waals surface area (Å²) >= 11 is 8.28. The van der Waals surface area contributed by atoms with Crippen LogP contribution in [0.3, 0.4) is 0 Å². The zero-order valence-electron chi connectivity index (χ0n) is 17.3. The van der Waals surface area contributed by atoms with Gasteiger partial charge in [-0.25, -0.2) is 4.98 Å². The number of aliphatic hydroxyl groups is 1. The number of aromatic nitrogens is 1. The maximum absolute atomic E-state index is 12.7. The number of carbonyl (C=O) groups is 1. The Balaban J connectivity index is 1.47. The van der Waals surface area contributed by atoms with E-state index in [0.29, 0.717) is 28.3 Å². The Morgan fingerprint density at radius 3 is 2.83 bits per heavy atom. The average molecular weight is 448 g/mol. The van der Waals surface area contributed by atoms with Gasteiger partial charge in [0.2, 0.25) is 5.91 Å². The van der Waals surface area contributed by atoms with E-state index in [0.717, 1.165) is 54.8 Å². The highest BCUT2D eigenvalue weighted by molar-refractivity contribution is 7.99. The lowest BCUT2D eigenvalue weighted by molar-refractivity contribution is -0.117. The summed E-state index contributed by atoms with van der Waals surface area (Å²) < 4.78 is 0. The predicted molar refractivity (Wildman–Crippen MR) is 127 cm³/mol. The summed E-state index contributed by atoms with van der Waals surface area (Å²) in [6, 6.07) is 7.79. The molecular formula is C23H30ClN3O2S. The number of anilines is 2. The van der Waals surface area contributed by atoms with E-state index in [4.69, 9.17) is 21.7 Å². The first-order valence-corrected chi connectivity index (χ1v) is 12.4. The van der Waals surface area contributed by atoms with Gasteiger partial charge >= 0.3 is 0 Å². The van der Waals surface area contributed by atoms with Crippen LogP contribution in [0.4, 0.5) is 11.5 Å². The molecule has 0 spiro atoms. The molecule has 0 bridgehead atoms. The lowest BCUT2D eigenvalue weighted by Gasteiger charge is -2.21. The standard InChI is InChI=1S/C23H30ClN3O2S/c24-19-7-8-20-18(23(19)26-22(29)14-16-4-2-1-3-5-16)6-9-21(25-20)27-11-10-17(15-27)30-13-12-28/h6-9,16-17,28H,1-5,10-15H2,(H,26,29)/t17-/m0/s1. The van der Waals surface area contributed by atoms with Crippen LogP contribution in [-0.4, -0.2) is 46.7 Å². The normalized spacial score (nSPS) is 20.1. The smallest absolute Gasteiger partial charge is 0.224 e. The molecular weight excluding hydrogens is 418 g/mol. The molecule has 1 saturated heterocycles. The topological polar surface area (TPSA) is 65.5 Å². The van der Waals surface area contributed by atoms with Crippen LogP contribution in [0.1, 0.15) is 44.9 Å². The number of hydrogen-bond donors (Lipinski definition) is 2. The minimum Gasteiger partial charge on any atom is -0.396 e. The van der Waals surface area contributed by atoms with E-state index in [2.05, 4.69) is 10.2 Å². The number of nitrogens with one attached hydrogen (secondary N) is 1. The fourth-order valence-electron chi connectivity index (χ4n) is 4.61. The number of benzene rings is 1. The van der Waals surface area contributed by atoms with Crippen LogP contribution in [0.5, 0.6) is 0 Å². The average Bonchev–Trinajstić information content (AvgIpc) is 3.24. The van der Waals surface area contributed by atoms with Crippen molar-refractivity contribution in [2.75, 3.05) is 35.7 Å². The molecule has 1 amide bonds. The Morgan fingerprint density at radius 1 is 1.20 bits per heavy atom. The number of hydrogen-bond acceptors (Lipinski definition) is 5. The van der Waals surface area contributed by atoms with Gasteiger partial charge in [0.25, 0.3) is 0 Å². The third kappa shape index (κ3) is 5.21. The van der Waals surface area contributed by atoms with Gasteiger partial charge in [0.15, 0.2) is 0 Å². The van der Waals surface area contributed by atoms with Crippen LogP contribution in [0.25, 0.3) is 10.9 Å². The number of fused-ring (bicyclic) bond motifs is 1.